The SMILES string of the molecule is CC1(CNCc2cccc([N+](=O)[O-])c2Br)CCCO1. The Hall–Kier alpha value is -0.980. The molecule has 1 unspecified atom stereocenters. The minimum atomic E-state index is -0.380. The van der Waals surface area contributed by atoms with E-state index >= 15 is 0 Å². The van der Waals surface area contributed by atoms with E-state index in [1.807, 2.05) is 6.07 Å². The lowest BCUT2D eigenvalue weighted by Crippen LogP contribution is -2.36. The Morgan fingerprint density at radius 3 is 3.00 bits per heavy atom. The highest BCUT2D eigenvalue weighted by atomic mass is 79.9. The van der Waals surface area contributed by atoms with Gasteiger partial charge in [-0.1, -0.05) is 12.1 Å². The van der Waals surface area contributed by atoms with Crippen molar-refractivity contribution in [1.82, 2.24) is 5.32 Å². The van der Waals surface area contributed by atoms with E-state index in [1.54, 1.807) is 6.07 Å². The van der Waals surface area contributed by atoms with Crippen LogP contribution in [0.4, 0.5) is 5.69 Å². The van der Waals surface area contributed by atoms with Crippen molar-refractivity contribution >= 4 is 21.6 Å². The third kappa shape index (κ3) is 3.52. The van der Waals surface area contributed by atoms with Crippen LogP contribution in [0.15, 0.2) is 22.7 Å². The normalized spacial score (nSPS) is 22.6. The Morgan fingerprint density at radius 2 is 2.37 bits per heavy atom. The molecule has 0 saturated carbocycles. The van der Waals surface area contributed by atoms with Gasteiger partial charge in [0.2, 0.25) is 0 Å². The summed E-state index contributed by atoms with van der Waals surface area (Å²) < 4.78 is 6.23. The van der Waals surface area contributed by atoms with Gasteiger partial charge in [-0.05, 0) is 41.3 Å². The largest absolute Gasteiger partial charge is 0.374 e. The van der Waals surface area contributed by atoms with Crippen LogP contribution in [-0.2, 0) is 11.3 Å². The van der Waals surface area contributed by atoms with Crippen LogP contribution in [0.3, 0.4) is 0 Å². The van der Waals surface area contributed by atoms with E-state index in [0.29, 0.717) is 11.0 Å². The molecule has 0 radical (unpaired) electrons. The number of hydrogen-bond donors (Lipinski definition) is 1. The van der Waals surface area contributed by atoms with Gasteiger partial charge in [0.15, 0.2) is 0 Å². The summed E-state index contributed by atoms with van der Waals surface area (Å²) in [6, 6.07) is 5.07. The molecule has 2 rings (SSSR count). The molecule has 0 spiro atoms. The van der Waals surface area contributed by atoms with E-state index in [4.69, 9.17) is 4.74 Å². The van der Waals surface area contributed by atoms with Crippen LogP contribution in [0.2, 0.25) is 0 Å². The fraction of sp³-hybridized carbons (Fsp3) is 0.538. The van der Waals surface area contributed by atoms with Gasteiger partial charge in [-0.2, -0.15) is 0 Å². The number of nitro groups is 1. The molecule has 1 N–H and O–H groups in total. The lowest BCUT2D eigenvalue weighted by Gasteiger charge is -2.23. The number of rotatable bonds is 5. The molecule has 19 heavy (non-hydrogen) atoms. The molecule has 1 aromatic carbocycles. The van der Waals surface area contributed by atoms with Crippen LogP contribution in [-0.4, -0.2) is 23.7 Å². The van der Waals surface area contributed by atoms with Crippen molar-refractivity contribution in [2.45, 2.75) is 31.9 Å². The van der Waals surface area contributed by atoms with Crippen LogP contribution >= 0.6 is 15.9 Å². The first kappa shape index (κ1) is 14.4. The lowest BCUT2D eigenvalue weighted by atomic mass is 10.0. The molecule has 104 valence electrons. The van der Waals surface area contributed by atoms with E-state index < -0.39 is 0 Å². The third-order valence-electron chi connectivity index (χ3n) is 3.37. The Kier molecular flexibility index (Phi) is 4.54. The van der Waals surface area contributed by atoms with Crippen molar-refractivity contribution in [3.05, 3.63) is 38.3 Å². The number of hydrogen-bond acceptors (Lipinski definition) is 4. The third-order valence-corrected chi connectivity index (χ3v) is 4.29. The Labute approximate surface area is 120 Å². The molecule has 1 aliphatic rings. The number of ether oxygens (including phenoxy) is 1. The van der Waals surface area contributed by atoms with Crippen molar-refractivity contribution in [3.63, 3.8) is 0 Å². The number of halogens is 1. The molecule has 1 fully saturated rings. The Bertz CT molecular complexity index is 473. The standard InChI is InChI=1S/C13H17BrN2O3/c1-13(6-3-7-19-13)9-15-8-10-4-2-5-11(12(10)14)16(17)18/h2,4-5,15H,3,6-9H2,1H3. The highest BCUT2D eigenvalue weighted by Gasteiger charge is 2.29. The zero-order valence-electron chi connectivity index (χ0n) is 10.8. The molecular formula is C13H17BrN2O3. The molecule has 1 atom stereocenters. The zero-order chi connectivity index (χ0) is 13.9. The second-order valence-electron chi connectivity index (χ2n) is 5.01. The first-order valence-electron chi connectivity index (χ1n) is 6.28. The average Bonchev–Trinajstić information content (AvgIpc) is 2.78. The second-order valence-corrected chi connectivity index (χ2v) is 5.81. The number of nitrogens with zero attached hydrogens (tertiary/aromatic N) is 1. The lowest BCUT2D eigenvalue weighted by molar-refractivity contribution is -0.385. The van der Waals surface area contributed by atoms with Gasteiger partial charge in [0.25, 0.3) is 5.69 Å². The van der Waals surface area contributed by atoms with Gasteiger partial charge < -0.3 is 10.1 Å². The van der Waals surface area contributed by atoms with Crippen molar-refractivity contribution in [2.24, 2.45) is 0 Å². The van der Waals surface area contributed by atoms with Gasteiger partial charge >= 0.3 is 0 Å². The molecule has 1 saturated heterocycles. The van der Waals surface area contributed by atoms with Crippen LogP contribution < -0.4 is 5.32 Å². The topological polar surface area (TPSA) is 64.4 Å². The van der Waals surface area contributed by atoms with Gasteiger partial charge in [0.1, 0.15) is 0 Å². The monoisotopic (exact) mass is 328 g/mol. The second kappa shape index (κ2) is 5.98. The van der Waals surface area contributed by atoms with Gasteiger partial charge in [0.05, 0.1) is 15.0 Å². The number of nitro benzene ring substituents is 1. The van der Waals surface area contributed by atoms with E-state index in [9.17, 15) is 10.1 Å². The van der Waals surface area contributed by atoms with Crippen LogP contribution in [0.1, 0.15) is 25.3 Å². The summed E-state index contributed by atoms with van der Waals surface area (Å²) in [4.78, 5) is 10.5. The molecule has 6 heteroatoms. The fourth-order valence-electron chi connectivity index (χ4n) is 2.28. The van der Waals surface area contributed by atoms with Crippen LogP contribution in [0, 0.1) is 10.1 Å². The van der Waals surface area contributed by atoms with Crippen molar-refractivity contribution < 1.29 is 9.66 Å². The summed E-state index contributed by atoms with van der Waals surface area (Å²) in [6.07, 6.45) is 2.15. The Morgan fingerprint density at radius 1 is 1.58 bits per heavy atom. The minimum absolute atomic E-state index is 0.0997. The highest BCUT2D eigenvalue weighted by molar-refractivity contribution is 9.10. The average molecular weight is 329 g/mol. The first-order chi connectivity index (χ1) is 9.02. The van der Waals surface area contributed by atoms with E-state index in [2.05, 4.69) is 28.2 Å². The summed E-state index contributed by atoms with van der Waals surface area (Å²) in [7, 11) is 0. The highest BCUT2D eigenvalue weighted by Crippen LogP contribution is 2.28. The summed E-state index contributed by atoms with van der Waals surface area (Å²) in [5.74, 6) is 0. The smallest absolute Gasteiger partial charge is 0.283 e. The zero-order valence-corrected chi connectivity index (χ0v) is 12.4. The van der Waals surface area contributed by atoms with E-state index in [1.165, 1.54) is 6.07 Å². The van der Waals surface area contributed by atoms with Gasteiger partial charge in [-0.3, -0.25) is 10.1 Å². The molecule has 0 aliphatic carbocycles. The minimum Gasteiger partial charge on any atom is -0.374 e. The van der Waals surface area contributed by atoms with E-state index in [0.717, 1.165) is 31.6 Å². The predicted molar refractivity (Wildman–Crippen MR) is 76.1 cm³/mol. The number of nitrogens with one attached hydrogen (secondary N) is 1. The summed E-state index contributed by atoms with van der Waals surface area (Å²) >= 11 is 3.30. The van der Waals surface area contributed by atoms with Crippen molar-refractivity contribution in [2.75, 3.05) is 13.2 Å². The first-order valence-corrected chi connectivity index (χ1v) is 7.08. The summed E-state index contributed by atoms with van der Waals surface area (Å²) in [6.45, 7) is 4.25. The van der Waals surface area contributed by atoms with Gasteiger partial charge in [0, 0.05) is 25.8 Å². The molecule has 0 aromatic heterocycles. The Balaban J connectivity index is 1.96. The predicted octanol–water partition coefficient (Wildman–Crippen LogP) is 3.02. The maximum atomic E-state index is 10.8. The maximum Gasteiger partial charge on any atom is 0.283 e. The molecule has 0 bridgehead atoms. The molecule has 1 heterocycles. The van der Waals surface area contributed by atoms with Crippen LogP contribution in [0.5, 0.6) is 0 Å². The van der Waals surface area contributed by atoms with E-state index in [-0.39, 0.29) is 16.2 Å². The molecule has 5 nitrogen and oxygen atoms in total. The van der Waals surface area contributed by atoms with Crippen LogP contribution in [0.25, 0.3) is 0 Å². The van der Waals surface area contributed by atoms with Gasteiger partial charge in [-0.15, -0.1) is 0 Å². The van der Waals surface area contributed by atoms with Crippen molar-refractivity contribution in [3.8, 4) is 0 Å². The molecule has 0 amide bonds. The summed E-state index contributed by atoms with van der Waals surface area (Å²) in [5.41, 5.74) is 0.881. The molecule has 1 aliphatic heterocycles. The van der Waals surface area contributed by atoms with Gasteiger partial charge in [-0.25, -0.2) is 0 Å². The molecular weight excluding hydrogens is 312 g/mol. The number of benzene rings is 1. The van der Waals surface area contributed by atoms with Crippen molar-refractivity contribution in [1.29, 1.82) is 0 Å². The fourth-order valence-corrected chi connectivity index (χ4v) is 2.83. The quantitative estimate of drug-likeness (QED) is 0.666. The molecule has 1 aromatic rings. The maximum absolute atomic E-state index is 10.8. The summed E-state index contributed by atoms with van der Waals surface area (Å²) in [5, 5.41) is 14.2.